The van der Waals surface area contributed by atoms with Gasteiger partial charge in [0.05, 0.1) is 35.1 Å². The van der Waals surface area contributed by atoms with Gasteiger partial charge in [-0.3, -0.25) is 0 Å². The lowest BCUT2D eigenvalue weighted by Crippen LogP contribution is -2.04. The second-order valence-electron chi connectivity index (χ2n) is 6.48. The molecule has 0 bridgehead atoms. The topological polar surface area (TPSA) is 88.6 Å². The summed E-state index contributed by atoms with van der Waals surface area (Å²) in [4.78, 5) is 12.2. The molecule has 0 spiro atoms. The van der Waals surface area contributed by atoms with E-state index in [-0.39, 0.29) is 17.3 Å². The number of aromatic nitrogens is 2. The Morgan fingerprint density at radius 2 is 1.87 bits per heavy atom. The van der Waals surface area contributed by atoms with Crippen LogP contribution in [0, 0.1) is 11.3 Å². The number of hydrogen-bond donors (Lipinski definition) is 1. The maximum Gasteiger partial charge on any atom is 0.341 e. The van der Waals surface area contributed by atoms with Gasteiger partial charge >= 0.3 is 5.97 Å². The maximum absolute atomic E-state index is 12.2. The summed E-state index contributed by atoms with van der Waals surface area (Å²) >= 11 is 6.33. The second-order valence-corrected chi connectivity index (χ2v) is 6.83. The van der Waals surface area contributed by atoms with E-state index in [0.29, 0.717) is 22.5 Å². The summed E-state index contributed by atoms with van der Waals surface area (Å²) < 4.78 is 12.2. The minimum absolute atomic E-state index is 0.118. The molecule has 0 aliphatic heterocycles. The van der Waals surface area contributed by atoms with Crippen LogP contribution in [0.1, 0.15) is 22.8 Å². The zero-order chi connectivity index (χ0) is 21.8. The number of rotatable bonds is 6. The summed E-state index contributed by atoms with van der Waals surface area (Å²) in [5.74, 6) is 0.859. The Labute approximate surface area is 183 Å². The maximum atomic E-state index is 12.2. The van der Waals surface area contributed by atoms with Gasteiger partial charge in [0.2, 0.25) is 0 Å². The highest BCUT2D eigenvalue weighted by Crippen LogP contribution is 2.32. The van der Waals surface area contributed by atoms with Gasteiger partial charge in [0.25, 0.3) is 0 Å². The number of nitriles is 1. The first kappa shape index (κ1) is 20.3. The molecule has 0 saturated heterocycles. The quantitative estimate of drug-likeness (QED) is 0.400. The molecule has 4 rings (SSSR count). The van der Waals surface area contributed by atoms with Crippen molar-refractivity contribution in [2.24, 2.45) is 0 Å². The van der Waals surface area contributed by atoms with E-state index in [0.717, 1.165) is 11.4 Å². The molecule has 0 aliphatic rings. The van der Waals surface area contributed by atoms with Gasteiger partial charge in [0, 0.05) is 5.69 Å². The molecule has 2 aromatic heterocycles. The summed E-state index contributed by atoms with van der Waals surface area (Å²) in [6.45, 7) is 1.94. The number of nitrogens with one attached hydrogen (secondary N) is 1. The fourth-order valence-corrected chi connectivity index (χ4v) is 3.30. The molecular formula is C23H17ClN4O3. The second kappa shape index (κ2) is 8.78. The molecule has 0 aliphatic carbocycles. The molecule has 154 valence electrons. The number of halogens is 1. The Bertz CT molecular complexity index is 1280. The van der Waals surface area contributed by atoms with Crippen molar-refractivity contribution < 1.29 is 14.3 Å². The zero-order valence-corrected chi connectivity index (χ0v) is 17.3. The fourth-order valence-electron chi connectivity index (χ4n) is 3.03. The Kier molecular flexibility index (Phi) is 5.74. The number of carbonyl (C=O) groups is 1. The van der Waals surface area contributed by atoms with E-state index in [4.69, 9.17) is 21.1 Å². The molecule has 2 aromatic carbocycles. The Balaban J connectivity index is 1.66. The highest BCUT2D eigenvalue weighted by Gasteiger charge is 2.21. The molecule has 0 unspecified atom stereocenters. The molecule has 31 heavy (non-hydrogen) atoms. The Hall–Kier alpha value is -4.02. The van der Waals surface area contributed by atoms with Crippen LogP contribution in [0.2, 0.25) is 5.15 Å². The largest absolute Gasteiger partial charge is 0.462 e. The number of benzene rings is 2. The van der Waals surface area contributed by atoms with Crippen LogP contribution in [-0.4, -0.2) is 22.2 Å². The van der Waals surface area contributed by atoms with Crippen LogP contribution in [0.15, 0.2) is 66.9 Å². The van der Waals surface area contributed by atoms with Crippen molar-refractivity contribution in [3.63, 3.8) is 0 Å². The summed E-state index contributed by atoms with van der Waals surface area (Å²) in [5, 5.41) is 17.1. The molecule has 0 atom stereocenters. The summed E-state index contributed by atoms with van der Waals surface area (Å²) in [6.07, 6.45) is 1.39. The number of anilines is 2. The number of hydrogen-bond acceptors (Lipinski definition) is 6. The van der Waals surface area contributed by atoms with Crippen molar-refractivity contribution in [1.82, 2.24) is 9.61 Å². The van der Waals surface area contributed by atoms with Crippen LogP contribution in [0.25, 0.3) is 5.52 Å². The number of para-hydroxylation sites is 1. The fraction of sp³-hybridized carbons (Fsp3) is 0.0870. The van der Waals surface area contributed by atoms with Crippen LogP contribution in [0.5, 0.6) is 11.5 Å². The van der Waals surface area contributed by atoms with E-state index in [9.17, 15) is 10.1 Å². The van der Waals surface area contributed by atoms with E-state index in [2.05, 4.69) is 16.5 Å². The lowest BCUT2D eigenvalue weighted by molar-refractivity contribution is 0.0526. The first-order chi connectivity index (χ1) is 15.1. The molecule has 0 fully saturated rings. The van der Waals surface area contributed by atoms with E-state index in [1.54, 1.807) is 13.0 Å². The third kappa shape index (κ3) is 4.15. The molecule has 7 nitrogen and oxygen atoms in total. The SMILES string of the molecule is CCOC(=O)c1cc2c(Nc3ccc(Oc4ccccc4)cc3)c(C#N)cnn2c1Cl. The van der Waals surface area contributed by atoms with E-state index in [1.165, 1.54) is 10.7 Å². The van der Waals surface area contributed by atoms with E-state index in [1.807, 2.05) is 54.6 Å². The normalized spacial score (nSPS) is 10.5. The van der Waals surface area contributed by atoms with Gasteiger partial charge < -0.3 is 14.8 Å². The first-order valence-electron chi connectivity index (χ1n) is 9.48. The molecule has 0 radical (unpaired) electrons. The zero-order valence-electron chi connectivity index (χ0n) is 16.5. The summed E-state index contributed by atoms with van der Waals surface area (Å²) in [5.41, 5.74) is 2.17. The molecular weight excluding hydrogens is 416 g/mol. The average Bonchev–Trinajstić information content (AvgIpc) is 3.13. The number of carbonyl (C=O) groups excluding carboxylic acids is 1. The Morgan fingerprint density at radius 1 is 1.16 bits per heavy atom. The Morgan fingerprint density at radius 3 is 2.55 bits per heavy atom. The van der Waals surface area contributed by atoms with Gasteiger partial charge in [-0.2, -0.15) is 10.4 Å². The lowest BCUT2D eigenvalue weighted by atomic mass is 10.2. The number of ether oxygens (including phenoxy) is 2. The van der Waals surface area contributed by atoms with E-state index >= 15 is 0 Å². The van der Waals surface area contributed by atoms with Gasteiger partial charge in [0.1, 0.15) is 22.7 Å². The smallest absolute Gasteiger partial charge is 0.341 e. The number of esters is 1. The molecule has 2 heterocycles. The van der Waals surface area contributed by atoms with Crippen molar-refractivity contribution in [3.8, 4) is 17.6 Å². The van der Waals surface area contributed by atoms with Crippen molar-refractivity contribution >= 4 is 34.5 Å². The molecule has 4 aromatic rings. The van der Waals surface area contributed by atoms with Crippen LogP contribution < -0.4 is 10.1 Å². The average molecular weight is 433 g/mol. The van der Waals surface area contributed by atoms with Crippen molar-refractivity contribution in [2.45, 2.75) is 6.92 Å². The third-order valence-electron chi connectivity index (χ3n) is 4.46. The van der Waals surface area contributed by atoms with Crippen molar-refractivity contribution in [3.05, 3.63) is 83.1 Å². The van der Waals surface area contributed by atoms with Gasteiger partial charge in [0.15, 0.2) is 0 Å². The predicted molar refractivity (Wildman–Crippen MR) is 117 cm³/mol. The van der Waals surface area contributed by atoms with Crippen LogP contribution in [-0.2, 0) is 4.74 Å². The van der Waals surface area contributed by atoms with E-state index < -0.39 is 5.97 Å². The monoisotopic (exact) mass is 432 g/mol. The summed E-state index contributed by atoms with van der Waals surface area (Å²) in [6, 6.07) is 20.4. The molecule has 8 heteroatoms. The number of fused-ring (bicyclic) bond motifs is 1. The van der Waals surface area contributed by atoms with Gasteiger partial charge in [-0.1, -0.05) is 29.8 Å². The van der Waals surface area contributed by atoms with Gasteiger partial charge in [-0.25, -0.2) is 9.31 Å². The standard InChI is InChI=1S/C23H17ClN4O3/c1-2-30-23(29)19-12-20-21(15(13-25)14-26-28(20)22(19)24)27-16-8-10-18(11-9-16)31-17-6-4-3-5-7-17/h3-12,14,27H,2H2,1H3. The number of nitrogens with zero attached hydrogens (tertiary/aromatic N) is 3. The highest BCUT2D eigenvalue weighted by atomic mass is 35.5. The van der Waals surface area contributed by atoms with Crippen molar-refractivity contribution in [2.75, 3.05) is 11.9 Å². The minimum Gasteiger partial charge on any atom is -0.462 e. The summed E-state index contributed by atoms with van der Waals surface area (Å²) in [7, 11) is 0. The van der Waals surface area contributed by atoms with Crippen LogP contribution >= 0.6 is 11.6 Å². The molecule has 0 saturated carbocycles. The van der Waals surface area contributed by atoms with Crippen LogP contribution in [0.3, 0.4) is 0 Å². The lowest BCUT2D eigenvalue weighted by Gasteiger charge is -2.11. The highest BCUT2D eigenvalue weighted by molar-refractivity contribution is 6.33. The third-order valence-corrected chi connectivity index (χ3v) is 4.83. The van der Waals surface area contributed by atoms with Crippen LogP contribution in [0.4, 0.5) is 11.4 Å². The van der Waals surface area contributed by atoms with Gasteiger partial charge in [-0.05, 0) is 49.4 Å². The minimum atomic E-state index is -0.551. The molecule has 0 amide bonds. The van der Waals surface area contributed by atoms with Gasteiger partial charge in [-0.15, -0.1) is 0 Å². The predicted octanol–water partition coefficient (Wildman–Crippen LogP) is 5.57. The first-order valence-corrected chi connectivity index (χ1v) is 9.86. The molecule has 1 N–H and O–H groups in total. The van der Waals surface area contributed by atoms with Crippen molar-refractivity contribution in [1.29, 1.82) is 5.26 Å².